The zero-order valence-electron chi connectivity index (χ0n) is 23.2. The Morgan fingerprint density at radius 3 is 2.23 bits per heavy atom. The van der Waals surface area contributed by atoms with Gasteiger partial charge < -0.3 is 14.6 Å². The summed E-state index contributed by atoms with van der Waals surface area (Å²) in [6.07, 6.45) is 13.5. The molecule has 0 aromatic heterocycles. The summed E-state index contributed by atoms with van der Waals surface area (Å²) in [6.45, 7) is 13.9. The zero-order chi connectivity index (χ0) is 25.7. The molecular weight excluding hydrogens is 436 g/mol. The van der Waals surface area contributed by atoms with Crippen LogP contribution in [0, 0.1) is 50.2 Å². The predicted octanol–water partition coefficient (Wildman–Crippen LogP) is 6.50. The second-order valence-corrected chi connectivity index (χ2v) is 14.8. The van der Waals surface area contributed by atoms with E-state index in [4.69, 9.17) is 4.74 Å². The molecule has 0 aliphatic heterocycles. The Labute approximate surface area is 212 Å². The lowest BCUT2D eigenvalue weighted by Crippen LogP contribution is -2.67. The highest BCUT2D eigenvalue weighted by Crippen LogP contribution is 2.76. The molecule has 196 valence electrons. The Bertz CT molecular complexity index is 952. The van der Waals surface area contributed by atoms with E-state index in [1.165, 1.54) is 25.4 Å². The molecule has 0 heterocycles. The van der Waals surface area contributed by atoms with Gasteiger partial charge in [0.1, 0.15) is 6.29 Å². The first-order valence-electron chi connectivity index (χ1n) is 14.2. The third-order valence-corrected chi connectivity index (χ3v) is 13.3. The van der Waals surface area contributed by atoms with E-state index in [0.717, 1.165) is 57.8 Å². The Morgan fingerprint density at radius 1 is 0.886 bits per heavy atom. The summed E-state index contributed by atoms with van der Waals surface area (Å²) >= 11 is 0. The molecule has 5 rings (SSSR count). The highest BCUT2D eigenvalue weighted by atomic mass is 16.5. The Hall–Kier alpha value is -1.16. The van der Waals surface area contributed by atoms with Crippen LogP contribution >= 0.6 is 0 Å². The molecule has 0 aromatic rings. The van der Waals surface area contributed by atoms with Crippen LogP contribution in [0.25, 0.3) is 0 Å². The second-order valence-electron chi connectivity index (χ2n) is 14.8. The van der Waals surface area contributed by atoms with Gasteiger partial charge in [-0.3, -0.25) is 4.79 Å². The van der Waals surface area contributed by atoms with Gasteiger partial charge in [0.25, 0.3) is 0 Å². The minimum Gasteiger partial charge on any atom is -0.468 e. The second kappa shape index (κ2) is 7.68. The van der Waals surface area contributed by atoms with E-state index >= 15 is 0 Å². The van der Waals surface area contributed by atoms with E-state index in [2.05, 4.69) is 47.6 Å². The maximum atomic E-state index is 13.1. The minimum absolute atomic E-state index is 0.0764. The van der Waals surface area contributed by atoms with Gasteiger partial charge in [0, 0.05) is 5.41 Å². The molecule has 1 N–H and O–H groups in total. The van der Waals surface area contributed by atoms with E-state index in [1.54, 1.807) is 0 Å². The lowest BCUT2D eigenvalue weighted by Gasteiger charge is -2.71. The first-order valence-corrected chi connectivity index (χ1v) is 14.2. The van der Waals surface area contributed by atoms with Crippen molar-refractivity contribution in [3.63, 3.8) is 0 Å². The molecule has 0 spiro atoms. The molecule has 9 atom stereocenters. The van der Waals surface area contributed by atoms with Crippen LogP contribution in [0.3, 0.4) is 0 Å². The van der Waals surface area contributed by atoms with Gasteiger partial charge in [-0.1, -0.05) is 46.3 Å². The van der Waals surface area contributed by atoms with E-state index in [0.29, 0.717) is 11.8 Å². The Balaban J connectivity index is 1.58. The van der Waals surface area contributed by atoms with Gasteiger partial charge in [-0.2, -0.15) is 0 Å². The van der Waals surface area contributed by atoms with Crippen LogP contribution in [-0.4, -0.2) is 30.6 Å². The van der Waals surface area contributed by atoms with Crippen molar-refractivity contribution in [2.75, 3.05) is 7.11 Å². The quantitative estimate of drug-likeness (QED) is 0.276. The molecule has 35 heavy (non-hydrogen) atoms. The number of methoxy groups -OCH3 is 1. The van der Waals surface area contributed by atoms with Crippen LogP contribution in [-0.2, 0) is 14.3 Å². The third-order valence-electron chi connectivity index (χ3n) is 13.3. The fourth-order valence-electron chi connectivity index (χ4n) is 10.6. The van der Waals surface area contributed by atoms with E-state index in [-0.39, 0.29) is 45.1 Å². The van der Waals surface area contributed by atoms with Crippen LogP contribution in [0.2, 0.25) is 0 Å². The number of carbonyl (C=O) groups excluding carboxylic acids is 2. The molecular formula is C31H48O4. The van der Waals surface area contributed by atoms with Crippen molar-refractivity contribution in [1.29, 1.82) is 0 Å². The fourth-order valence-corrected chi connectivity index (χ4v) is 10.6. The molecule has 4 fully saturated rings. The van der Waals surface area contributed by atoms with Crippen LogP contribution < -0.4 is 0 Å². The number of aldehydes is 1. The summed E-state index contributed by atoms with van der Waals surface area (Å²) < 4.78 is 5.24. The summed E-state index contributed by atoms with van der Waals surface area (Å²) in [5, 5.41) is 10.9. The van der Waals surface area contributed by atoms with E-state index < -0.39 is 5.41 Å². The van der Waals surface area contributed by atoms with Crippen LogP contribution in [0.4, 0.5) is 0 Å². The smallest absolute Gasteiger partial charge is 0.315 e. The van der Waals surface area contributed by atoms with Crippen molar-refractivity contribution >= 4 is 12.3 Å². The molecule has 0 radical (unpaired) electrons. The average Bonchev–Trinajstić information content (AvgIpc) is 2.82. The van der Waals surface area contributed by atoms with Gasteiger partial charge in [0.2, 0.25) is 0 Å². The molecule has 0 amide bonds. The topological polar surface area (TPSA) is 63.6 Å². The molecule has 0 aromatic carbocycles. The van der Waals surface area contributed by atoms with Gasteiger partial charge in [-0.15, -0.1) is 0 Å². The number of esters is 1. The summed E-state index contributed by atoms with van der Waals surface area (Å²) in [5.74, 6) is 0.955. The SMILES string of the molecule is COC(=O)C1(C)C=C2C3CCC4C5(C=O)CCC(O)C(C)(C)C5CCC4(C)C3(C)CCC2(C)CC1. The molecule has 4 nitrogen and oxygen atoms in total. The van der Waals surface area contributed by atoms with Crippen LogP contribution in [0.15, 0.2) is 11.6 Å². The van der Waals surface area contributed by atoms with Crippen molar-refractivity contribution in [1.82, 2.24) is 0 Å². The van der Waals surface area contributed by atoms with Gasteiger partial charge >= 0.3 is 5.97 Å². The van der Waals surface area contributed by atoms with Gasteiger partial charge in [-0.05, 0) is 111 Å². The number of aliphatic hydroxyl groups excluding tert-OH is 1. The molecule has 4 heteroatoms. The standard InChI is InChI=1S/C31H48O4/c1-26(2)22-10-12-30(6)23(31(22,19-32)13-11-24(26)33)9-8-20-21-18-28(4,25(34)35-7)15-14-27(21,3)16-17-29(20,30)5/h18-20,22-24,33H,8-17H2,1-7H3. The lowest BCUT2D eigenvalue weighted by molar-refractivity contribution is -0.225. The first-order chi connectivity index (χ1) is 16.2. The molecule has 9 unspecified atom stereocenters. The number of ether oxygens (including phenoxy) is 1. The molecule has 5 aliphatic carbocycles. The summed E-state index contributed by atoms with van der Waals surface area (Å²) in [4.78, 5) is 25.9. The van der Waals surface area contributed by atoms with Gasteiger partial charge in [-0.25, -0.2) is 0 Å². The van der Waals surface area contributed by atoms with Crippen LogP contribution in [0.5, 0.6) is 0 Å². The number of allylic oxidation sites excluding steroid dienone is 1. The number of hydrogen-bond acceptors (Lipinski definition) is 4. The van der Waals surface area contributed by atoms with Crippen LogP contribution in [0.1, 0.15) is 106 Å². The maximum Gasteiger partial charge on any atom is 0.315 e. The predicted molar refractivity (Wildman–Crippen MR) is 137 cm³/mol. The van der Waals surface area contributed by atoms with Crippen molar-refractivity contribution in [2.45, 2.75) is 112 Å². The summed E-state index contributed by atoms with van der Waals surface area (Å²) in [7, 11) is 1.51. The van der Waals surface area contributed by atoms with Gasteiger partial charge in [0.15, 0.2) is 0 Å². The van der Waals surface area contributed by atoms with Crippen molar-refractivity contribution in [3.05, 3.63) is 11.6 Å². The highest BCUT2D eigenvalue weighted by molar-refractivity contribution is 5.79. The minimum atomic E-state index is -0.537. The molecule has 4 saturated carbocycles. The number of fused-ring (bicyclic) bond motifs is 7. The lowest BCUT2D eigenvalue weighted by atomic mass is 9.32. The van der Waals surface area contributed by atoms with Gasteiger partial charge in [0.05, 0.1) is 18.6 Å². The number of carbonyl (C=O) groups is 2. The summed E-state index contributed by atoms with van der Waals surface area (Å²) in [5.41, 5.74) is 0.766. The van der Waals surface area contributed by atoms with Crippen molar-refractivity contribution in [3.8, 4) is 0 Å². The summed E-state index contributed by atoms with van der Waals surface area (Å²) in [6, 6.07) is 0. The van der Waals surface area contributed by atoms with Crippen molar-refractivity contribution in [2.24, 2.45) is 50.2 Å². The normalized spacial score (nSPS) is 52.6. The van der Waals surface area contributed by atoms with E-state index in [9.17, 15) is 14.7 Å². The Kier molecular flexibility index (Phi) is 5.59. The van der Waals surface area contributed by atoms with E-state index in [1.807, 2.05) is 0 Å². The molecule has 0 bridgehead atoms. The Morgan fingerprint density at radius 2 is 1.57 bits per heavy atom. The largest absolute Gasteiger partial charge is 0.468 e. The highest BCUT2D eigenvalue weighted by Gasteiger charge is 2.70. The van der Waals surface area contributed by atoms with Crippen molar-refractivity contribution < 1.29 is 19.4 Å². The maximum absolute atomic E-state index is 13.1. The zero-order valence-corrected chi connectivity index (χ0v) is 23.2. The monoisotopic (exact) mass is 484 g/mol. The number of rotatable bonds is 2. The third kappa shape index (κ3) is 3.07. The number of hydrogen-bond donors (Lipinski definition) is 1. The average molecular weight is 485 g/mol. The molecule has 5 aliphatic rings. The first kappa shape index (κ1) is 25.5. The number of aliphatic hydroxyl groups is 1. The molecule has 0 saturated heterocycles. The fraction of sp³-hybridized carbons (Fsp3) is 0.871.